The Kier molecular flexibility index (Phi) is 3.09. The van der Waals surface area contributed by atoms with Crippen LogP contribution in [0.1, 0.15) is 17.0 Å². The maximum absolute atomic E-state index is 11.5. The molecule has 3 N–H and O–H groups in total. The topological polar surface area (TPSA) is 102 Å². The van der Waals surface area contributed by atoms with Crippen LogP contribution in [0.2, 0.25) is 0 Å². The molecule has 118 valence electrons. The lowest BCUT2D eigenvalue weighted by molar-refractivity contribution is -0.308. The lowest BCUT2D eigenvalue weighted by Crippen LogP contribution is -2.53. The number of carbonyl (C=O) groups excluding carboxylic acids is 1. The molecule has 3 unspecified atom stereocenters. The van der Waals surface area contributed by atoms with Gasteiger partial charge in [-0.2, -0.15) is 0 Å². The minimum absolute atomic E-state index is 0.102. The summed E-state index contributed by atoms with van der Waals surface area (Å²) in [5.41, 5.74) is 1.70. The molecule has 0 fully saturated rings. The average Bonchev–Trinajstić information content (AvgIpc) is 2.86. The summed E-state index contributed by atoms with van der Waals surface area (Å²) >= 11 is 2.13. The molecule has 4 rings (SSSR count). The number of carboxylic acid groups (broad SMARTS) is 1. The smallest absolute Gasteiger partial charge is 0.137 e. The number of hydrogen-bond donors (Lipinski definition) is 3. The number of halogens is 1. The second kappa shape index (κ2) is 4.92. The molecule has 0 spiro atoms. The summed E-state index contributed by atoms with van der Waals surface area (Å²) in [5.74, 6) is -1.37. The molecule has 2 aromatic carbocycles. The predicted octanol–water partition coefficient (Wildman–Crippen LogP) is 1.14. The zero-order chi connectivity index (χ0) is 16.3. The zero-order valence-electron chi connectivity index (χ0n) is 11.6. The first kappa shape index (κ1) is 14.4. The molecule has 2 aromatic rings. The highest BCUT2D eigenvalue weighted by molar-refractivity contribution is 14.1. The summed E-state index contributed by atoms with van der Waals surface area (Å²) in [6.07, 6.45) is -0.728. The van der Waals surface area contributed by atoms with Crippen molar-refractivity contribution in [2.24, 2.45) is 0 Å². The van der Waals surface area contributed by atoms with Crippen LogP contribution >= 0.6 is 22.6 Å². The van der Waals surface area contributed by atoms with Crippen molar-refractivity contribution in [1.82, 2.24) is 0 Å². The zero-order valence-corrected chi connectivity index (χ0v) is 13.8. The maximum atomic E-state index is 11.5. The molecule has 6 nitrogen and oxygen atoms in total. The van der Waals surface area contributed by atoms with Gasteiger partial charge in [0.1, 0.15) is 29.4 Å². The fraction of sp³-hybridized carbons (Fsp3) is 0.188. The summed E-state index contributed by atoms with van der Waals surface area (Å²) in [6.45, 7) is 0. The van der Waals surface area contributed by atoms with E-state index in [4.69, 9.17) is 4.74 Å². The van der Waals surface area contributed by atoms with E-state index in [0.717, 1.165) is 9.13 Å². The van der Waals surface area contributed by atoms with Gasteiger partial charge in [-0.25, -0.2) is 0 Å². The molecule has 0 radical (unpaired) electrons. The first-order chi connectivity index (χ1) is 11.0. The van der Waals surface area contributed by atoms with Gasteiger partial charge in [0.2, 0.25) is 0 Å². The van der Waals surface area contributed by atoms with Crippen LogP contribution in [-0.4, -0.2) is 28.3 Å². The van der Waals surface area contributed by atoms with Crippen molar-refractivity contribution in [3.05, 3.63) is 45.0 Å². The van der Waals surface area contributed by atoms with Crippen molar-refractivity contribution < 1.29 is 24.9 Å². The largest absolute Gasteiger partial charge is 0.548 e. The van der Waals surface area contributed by atoms with E-state index in [1.54, 1.807) is 0 Å². The van der Waals surface area contributed by atoms with Crippen LogP contribution in [0.3, 0.4) is 0 Å². The van der Waals surface area contributed by atoms with Gasteiger partial charge in [0, 0.05) is 28.9 Å². The minimum Gasteiger partial charge on any atom is -0.548 e. The molecule has 23 heavy (non-hydrogen) atoms. The number of phenols is 2. The van der Waals surface area contributed by atoms with Gasteiger partial charge >= 0.3 is 0 Å². The number of fused-ring (bicyclic) bond motifs is 5. The van der Waals surface area contributed by atoms with Gasteiger partial charge in [-0.15, -0.1) is 0 Å². The molecule has 0 amide bonds. The molecule has 2 aliphatic rings. The number of hydrogen-bond acceptors (Lipinski definition) is 6. The van der Waals surface area contributed by atoms with Gasteiger partial charge in [-0.3, -0.25) is 0 Å². The molecule has 0 aliphatic carbocycles. The Balaban J connectivity index is 1.98. The first-order valence-corrected chi connectivity index (χ1v) is 8.03. The van der Waals surface area contributed by atoms with Gasteiger partial charge in [0.25, 0.3) is 0 Å². The number of aromatic hydroxyl groups is 2. The summed E-state index contributed by atoms with van der Waals surface area (Å²) < 4.78 is 6.76. The maximum Gasteiger partial charge on any atom is 0.137 e. The number of anilines is 1. The molecule has 0 saturated heterocycles. The molecule has 2 heterocycles. The summed E-state index contributed by atoms with van der Waals surface area (Å²) in [6, 6.07) is 7.14. The minimum atomic E-state index is -1.30. The van der Waals surface area contributed by atoms with Crippen molar-refractivity contribution in [3.8, 4) is 17.2 Å². The monoisotopic (exact) mass is 424 g/mol. The molecule has 0 bridgehead atoms. The van der Waals surface area contributed by atoms with Crippen LogP contribution in [0, 0.1) is 3.57 Å². The van der Waals surface area contributed by atoms with E-state index in [-0.39, 0.29) is 11.5 Å². The molecule has 0 saturated carbocycles. The Bertz CT molecular complexity index is 837. The van der Waals surface area contributed by atoms with Crippen molar-refractivity contribution in [2.75, 3.05) is 5.32 Å². The highest BCUT2D eigenvalue weighted by Crippen LogP contribution is 2.53. The fourth-order valence-corrected chi connectivity index (χ4v) is 4.01. The Morgan fingerprint density at radius 2 is 2.09 bits per heavy atom. The Morgan fingerprint density at radius 1 is 1.30 bits per heavy atom. The average molecular weight is 424 g/mol. The third-order valence-corrected chi connectivity index (χ3v) is 5.11. The van der Waals surface area contributed by atoms with Gasteiger partial charge in [-0.1, -0.05) is 12.1 Å². The number of para-hydroxylation sites is 1. The van der Waals surface area contributed by atoms with Crippen LogP contribution in [0.5, 0.6) is 17.2 Å². The number of carbonyl (C=O) groups is 1. The molecule has 2 aliphatic heterocycles. The Morgan fingerprint density at radius 3 is 2.83 bits per heavy atom. The third kappa shape index (κ3) is 2.03. The van der Waals surface area contributed by atoms with E-state index in [1.165, 1.54) is 12.1 Å². The molecular weight excluding hydrogens is 413 g/mol. The number of rotatable bonds is 1. The van der Waals surface area contributed by atoms with Crippen molar-refractivity contribution >= 4 is 34.2 Å². The Labute approximate surface area is 144 Å². The lowest BCUT2D eigenvalue weighted by Gasteiger charge is -2.36. The van der Waals surface area contributed by atoms with Crippen molar-refractivity contribution in [1.29, 1.82) is 0 Å². The van der Waals surface area contributed by atoms with Crippen LogP contribution in [0.4, 0.5) is 5.69 Å². The van der Waals surface area contributed by atoms with Crippen LogP contribution in [0.25, 0.3) is 0 Å². The number of phenolic OH excluding ortho intramolecular Hbond substituents is 2. The summed E-state index contributed by atoms with van der Waals surface area (Å²) in [4.78, 5) is 11.5. The number of nitrogens with one attached hydrogen (secondary N) is 1. The third-order valence-electron chi connectivity index (χ3n) is 4.26. The second-order valence-electron chi connectivity index (χ2n) is 5.59. The summed E-state index contributed by atoms with van der Waals surface area (Å²) in [5, 5.41) is 34.3. The Hall–Kier alpha value is -2.16. The van der Waals surface area contributed by atoms with Crippen molar-refractivity contribution in [2.45, 2.75) is 18.1 Å². The summed E-state index contributed by atoms with van der Waals surface area (Å²) in [7, 11) is 0. The normalized spacial score (nSPS) is 24.0. The van der Waals surface area contributed by atoms with Gasteiger partial charge in [-0.05, 0) is 28.7 Å². The number of ether oxygens (including phenoxy) is 1. The fourth-order valence-electron chi connectivity index (χ4n) is 3.37. The SMILES string of the molecule is O=C([O-])C1Nc2cc(O)cc(O)c2C2c3cccc(I)c3OC12. The highest BCUT2D eigenvalue weighted by Gasteiger charge is 2.47. The lowest BCUT2D eigenvalue weighted by atomic mass is 9.80. The van der Waals surface area contributed by atoms with Crippen LogP contribution in [0.15, 0.2) is 30.3 Å². The first-order valence-electron chi connectivity index (χ1n) is 6.95. The van der Waals surface area contributed by atoms with Gasteiger partial charge in [0.05, 0.1) is 15.5 Å². The van der Waals surface area contributed by atoms with E-state index >= 15 is 0 Å². The van der Waals surface area contributed by atoms with Crippen LogP contribution < -0.4 is 15.2 Å². The van der Waals surface area contributed by atoms with E-state index < -0.39 is 24.0 Å². The molecule has 3 atom stereocenters. The molecule has 0 aromatic heterocycles. The van der Waals surface area contributed by atoms with E-state index in [0.29, 0.717) is 17.0 Å². The van der Waals surface area contributed by atoms with Gasteiger partial charge in [0.15, 0.2) is 0 Å². The predicted molar refractivity (Wildman–Crippen MR) is 87.6 cm³/mol. The number of benzene rings is 2. The van der Waals surface area contributed by atoms with E-state index in [9.17, 15) is 20.1 Å². The standard InChI is InChI=1S/C16H12INO5/c17-8-3-1-2-7-11-12-9(4-6(19)5-10(12)20)18-13(16(21)22)15(11)23-14(7)8/h1-5,11,13,15,18-20H,(H,21,22)/p-1. The quantitative estimate of drug-likeness (QED) is 0.594. The van der Waals surface area contributed by atoms with Crippen LogP contribution in [-0.2, 0) is 4.79 Å². The highest BCUT2D eigenvalue weighted by atomic mass is 127. The molecule has 7 heteroatoms. The number of carboxylic acids is 1. The second-order valence-corrected chi connectivity index (χ2v) is 6.75. The number of aliphatic carboxylic acids is 1. The van der Waals surface area contributed by atoms with Crippen molar-refractivity contribution in [3.63, 3.8) is 0 Å². The van der Waals surface area contributed by atoms with Gasteiger partial charge < -0.3 is 30.2 Å². The molecular formula is C16H11INO5-. The van der Waals surface area contributed by atoms with E-state index in [1.807, 2.05) is 18.2 Å². The van der Waals surface area contributed by atoms with E-state index in [2.05, 4.69) is 27.9 Å².